The van der Waals surface area contributed by atoms with Crippen molar-refractivity contribution in [2.24, 2.45) is 10.9 Å². The van der Waals surface area contributed by atoms with Crippen molar-refractivity contribution in [2.45, 2.75) is 85.3 Å². The van der Waals surface area contributed by atoms with Crippen LogP contribution >= 0.6 is 0 Å². The number of carbonyl (C=O) groups excluding carboxylic acids is 2. The normalized spacial score (nSPS) is 16.2. The quantitative estimate of drug-likeness (QED) is 0.351. The van der Waals surface area contributed by atoms with Crippen molar-refractivity contribution in [1.82, 2.24) is 15.5 Å². The summed E-state index contributed by atoms with van der Waals surface area (Å²) in [6.07, 6.45) is 2.59. The molecule has 0 unspecified atom stereocenters. The number of hydrogen-bond donors (Lipinski definition) is 2. The zero-order chi connectivity index (χ0) is 22.8. The third-order valence-corrected chi connectivity index (χ3v) is 5.40. The van der Waals surface area contributed by atoms with Crippen LogP contribution in [-0.2, 0) is 14.3 Å². The summed E-state index contributed by atoms with van der Waals surface area (Å²) >= 11 is 0. The molecular formula is C22H42N4O4. The van der Waals surface area contributed by atoms with Crippen LogP contribution in [0.5, 0.6) is 0 Å². The van der Waals surface area contributed by atoms with Gasteiger partial charge in [-0.1, -0.05) is 13.8 Å². The Labute approximate surface area is 182 Å². The molecule has 0 aromatic carbocycles. The molecule has 8 nitrogen and oxygen atoms in total. The van der Waals surface area contributed by atoms with Gasteiger partial charge >= 0.3 is 12.1 Å². The fourth-order valence-corrected chi connectivity index (χ4v) is 3.45. The SMILES string of the molecule is CCNC(=NCC(CC)(CC)NC(=O)OC(C)(C)C)N1CCC(C(=O)OCC)CC1. The van der Waals surface area contributed by atoms with Gasteiger partial charge in [0, 0.05) is 19.6 Å². The second-order valence-electron chi connectivity index (χ2n) is 8.80. The van der Waals surface area contributed by atoms with Crippen LogP contribution in [0, 0.1) is 5.92 Å². The van der Waals surface area contributed by atoms with E-state index in [9.17, 15) is 9.59 Å². The first kappa shape index (κ1) is 26.0. The fraction of sp³-hybridized carbons (Fsp3) is 0.864. The number of alkyl carbamates (subject to hydrolysis) is 1. The van der Waals surface area contributed by atoms with E-state index in [-0.39, 0.29) is 11.9 Å². The van der Waals surface area contributed by atoms with Gasteiger partial charge in [0.15, 0.2) is 5.96 Å². The molecule has 0 aliphatic carbocycles. The number of esters is 1. The number of aliphatic imine (C=N–C) groups is 1. The number of rotatable bonds is 8. The van der Waals surface area contributed by atoms with Gasteiger partial charge in [-0.3, -0.25) is 9.79 Å². The number of nitrogens with one attached hydrogen (secondary N) is 2. The summed E-state index contributed by atoms with van der Waals surface area (Å²) in [6, 6.07) is 0. The number of guanidine groups is 1. The molecule has 0 saturated carbocycles. The zero-order valence-electron chi connectivity index (χ0n) is 20.0. The average molecular weight is 427 g/mol. The van der Waals surface area contributed by atoms with Gasteiger partial charge in [0.1, 0.15) is 5.60 Å². The molecule has 0 spiro atoms. The maximum absolute atomic E-state index is 12.4. The Bertz CT molecular complexity index is 574. The van der Waals surface area contributed by atoms with Gasteiger partial charge in [0.25, 0.3) is 0 Å². The monoisotopic (exact) mass is 426 g/mol. The Hall–Kier alpha value is -1.99. The van der Waals surface area contributed by atoms with Gasteiger partial charge in [-0.2, -0.15) is 0 Å². The van der Waals surface area contributed by atoms with Gasteiger partial charge in [-0.05, 0) is 60.3 Å². The minimum Gasteiger partial charge on any atom is -0.466 e. The average Bonchev–Trinajstić information content (AvgIpc) is 2.69. The topological polar surface area (TPSA) is 92.3 Å². The van der Waals surface area contributed by atoms with Crippen molar-refractivity contribution in [2.75, 3.05) is 32.8 Å². The molecule has 1 saturated heterocycles. The van der Waals surface area contributed by atoms with Crippen LogP contribution in [-0.4, -0.2) is 66.8 Å². The molecule has 1 fully saturated rings. The van der Waals surface area contributed by atoms with Crippen molar-refractivity contribution >= 4 is 18.0 Å². The minimum absolute atomic E-state index is 0.0386. The molecule has 1 aliphatic heterocycles. The lowest BCUT2D eigenvalue weighted by Gasteiger charge is -2.35. The number of likely N-dealkylation sites (tertiary alicyclic amines) is 1. The zero-order valence-corrected chi connectivity index (χ0v) is 20.0. The van der Waals surface area contributed by atoms with Crippen molar-refractivity contribution in [3.8, 4) is 0 Å². The second kappa shape index (κ2) is 12.0. The number of nitrogens with zero attached hydrogens (tertiary/aromatic N) is 2. The van der Waals surface area contributed by atoms with Gasteiger partial charge < -0.3 is 25.0 Å². The van der Waals surface area contributed by atoms with E-state index >= 15 is 0 Å². The molecule has 30 heavy (non-hydrogen) atoms. The van der Waals surface area contributed by atoms with Crippen LogP contribution in [0.1, 0.15) is 74.1 Å². The number of piperidine rings is 1. The largest absolute Gasteiger partial charge is 0.466 e. The number of hydrogen-bond acceptors (Lipinski definition) is 5. The number of amides is 1. The van der Waals surface area contributed by atoms with Crippen molar-refractivity contribution in [1.29, 1.82) is 0 Å². The lowest BCUT2D eigenvalue weighted by molar-refractivity contribution is -0.149. The van der Waals surface area contributed by atoms with Gasteiger partial charge in [0.05, 0.1) is 24.6 Å². The predicted octanol–water partition coefficient (Wildman–Crippen LogP) is 3.31. The molecule has 1 aliphatic rings. The van der Waals surface area contributed by atoms with E-state index in [1.807, 2.05) is 48.5 Å². The first-order valence-electron chi connectivity index (χ1n) is 11.3. The van der Waals surface area contributed by atoms with Crippen LogP contribution in [0.4, 0.5) is 4.79 Å². The second-order valence-corrected chi connectivity index (χ2v) is 8.80. The molecule has 0 atom stereocenters. The van der Waals surface area contributed by atoms with Crippen LogP contribution < -0.4 is 10.6 Å². The number of carbonyl (C=O) groups is 2. The van der Waals surface area contributed by atoms with Gasteiger partial charge in [-0.15, -0.1) is 0 Å². The molecule has 1 heterocycles. The summed E-state index contributed by atoms with van der Waals surface area (Å²) in [5, 5.41) is 6.40. The summed E-state index contributed by atoms with van der Waals surface area (Å²) in [6.45, 7) is 16.7. The minimum atomic E-state index is -0.543. The van der Waals surface area contributed by atoms with E-state index in [1.165, 1.54) is 0 Å². The van der Waals surface area contributed by atoms with Crippen LogP contribution in [0.2, 0.25) is 0 Å². The first-order chi connectivity index (χ1) is 14.1. The lowest BCUT2D eigenvalue weighted by Crippen LogP contribution is -2.53. The van der Waals surface area contributed by atoms with Crippen LogP contribution in [0.25, 0.3) is 0 Å². The summed E-state index contributed by atoms with van der Waals surface area (Å²) in [5.41, 5.74) is -1.01. The Balaban J connectivity index is 2.83. The van der Waals surface area contributed by atoms with Gasteiger partial charge in [-0.25, -0.2) is 4.79 Å². The summed E-state index contributed by atoms with van der Waals surface area (Å²) in [4.78, 5) is 31.4. The number of ether oxygens (including phenoxy) is 2. The smallest absolute Gasteiger partial charge is 0.408 e. The van der Waals surface area contributed by atoms with E-state index in [4.69, 9.17) is 14.5 Å². The molecule has 0 aromatic rings. The molecule has 1 rings (SSSR count). The summed E-state index contributed by atoms with van der Waals surface area (Å²) in [5.74, 6) is 0.678. The standard InChI is InChI=1S/C22H42N4O4/c1-8-22(9-2,25-20(28)30-21(5,6)7)16-24-19(23-10-3)26-14-12-17(13-15-26)18(27)29-11-4/h17H,8-16H2,1-7H3,(H,23,24)(H,25,28). The van der Waals surface area contributed by atoms with E-state index in [0.29, 0.717) is 13.2 Å². The lowest BCUT2D eigenvalue weighted by atomic mass is 9.93. The maximum atomic E-state index is 12.4. The predicted molar refractivity (Wildman–Crippen MR) is 120 cm³/mol. The van der Waals surface area contributed by atoms with Crippen molar-refractivity contribution < 1.29 is 19.1 Å². The van der Waals surface area contributed by atoms with Crippen LogP contribution in [0.3, 0.4) is 0 Å². The van der Waals surface area contributed by atoms with Crippen molar-refractivity contribution in [3.05, 3.63) is 0 Å². The maximum Gasteiger partial charge on any atom is 0.408 e. The van der Waals surface area contributed by atoms with Gasteiger partial charge in [0.2, 0.25) is 0 Å². The molecule has 8 heteroatoms. The highest BCUT2D eigenvalue weighted by molar-refractivity contribution is 5.81. The third-order valence-electron chi connectivity index (χ3n) is 5.40. The molecule has 2 N–H and O–H groups in total. The van der Waals surface area contributed by atoms with Crippen molar-refractivity contribution in [3.63, 3.8) is 0 Å². The Morgan fingerprint density at radius 3 is 2.13 bits per heavy atom. The van der Waals surface area contributed by atoms with E-state index < -0.39 is 17.2 Å². The highest BCUT2D eigenvalue weighted by Crippen LogP contribution is 2.21. The van der Waals surface area contributed by atoms with Crippen LogP contribution in [0.15, 0.2) is 4.99 Å². The highest BCUT2D eigenvalue weighted by Gasteiger charge is 2.32. The van der Waals surface area contributed by atoms with E-state index in [1.54, 1.807) is 0 Å². The van der Waals surface area contributed by atoms with E-state index in [2.05, 4.69) is 15.5 Å². The first-order valence-corrected chi connectivity index (χ1v) is 11.3. The summed E-state index contributed by atoms with van der Waals surface area (Å²) < 4.78 is 10.6. The van der Waals surface area contributed by atoms with E-state index in [0.717, 1.165) is 51.3 Å². The highest BCUT2D eigenvalue weighted by atomic mass is 16.6. The molecule has 0 radical (unpaired) electrons. The molecule has 0 aromatic heterocycles. The third kappa shape index (κ3) is 8.40. The fourth-order valence-electron chi connectivity index (χ4n) is 3.45. The Kier molecular flexibility index (Phi) is 10.4. The molecule has 0 bridgehead atoms. The molecular weight excluding hydrogens is 384 g/mol. The Morgan fingerprint density at radius 2 is 1.67 bits per heavy atom. The Morgan fingerprint density at radius 1 is 1.07 bits per heavy atom. The molecule has 1 amide bonds. The molecule has 174 valence electrons. The summed E-state index contributed by atoms with van der Waals surface area (Å²) in [7, 11) is 0.